The molecule has 0 radical (unpaired) electrons. The van der Waals surface area contributed by atoms with Crippen LogP contribution in [0.5, 0.6) is 0 Å². The van der Waals surface area contributed by atoms with Crippen LogP contribution in [0.3, 0.4) is 0 Å². The van der Waals surface area contributed by atoms with Crippen molar-refractivity contribution >= 4 is 0 Å². The third-order valence-electron chi connectivity index (χ3n) is 3.08. The van der Waals surface area contributed by atoms with Gasteiger partial charge in [0.25, 0.3) is 0 Å². The smallest absolute Gasteiger partial charge is 0.0991 e. The van der Waals surface area contributed by atoms with Gasteiger partial charge in [0.15, 0.2) is 0 Å². The fourth-order valence-electron chi connectivity index (χ4n) is 2.15. The highest BCUT2D eigenvalue weighted by Crippen LogP contribution is 2.22. The number of benzene rings is 1. The van der Waals surface area contributed by atoms with Gasteiger partial charge in [-0.05, 0) is 37.1 Å². The second-order valence-electron chi connectivity index (χ2n) is 4.37. The molecule has 2 aromatic heterocycles. The zero-order valence-corrected chi connectivity index (χ0v) is 10.4. The lowest BCUT2D eigenvalue weighted by atomic mass is 10.1. The summed E-state index contributed by atoms with van der Waals surface area (Å²) in [5.41, 5.74) is 4.74. The Balaban J connectivity index is 2.15. The minimum absolute atomic E-state index is 1.16. The van der Waals surface area contributed by atoms with Crippen molar-refractivity contribution in [3.05, 3.63) is 60.7 Å². The summed E-state index contributed by atoms with van der Waals surface area (Å²) in [7, 11) is 0. The third kappa shape index (κ3) is 1.72. The van der Waals surface area contributed by atoms with E-state index in [0.29, 0.717) is 0 Å². The Hall–Kier alpha value is -2.36. The summed E-state index contributed by atoms with van der Waals surface area (Å²) in [5, 5.41) is 0. The second kappa shape index (κ2) is 4.14. The molecule has 1 aromatic carbocycles. The van der Waals surface area contributed by atoms with E-state index >= 15 is 0 Å². The van der Waals surface area contributed by atoms with E-state index in [2.05, 4.69) is 35.9 Å². The van der Waals surface area contributed by atoms with Gasteiger partial charge in [-0.3, -0.25) is 0 Å². The fourth-order valence-corrected chi connectivity index (χ4v) is 2.15. The predicted octanol–water partition coefficient (Wildman–Crippen LogP) is 2.67. The average Bonchev–Trinajstić information content (AvgIpc) is 3.02. The number of nitrogens with zero attached hydrogens (tertiary/aromatic N) is 4. The van der Waals surface area contributed by atoms with Crippen LogP contribution in [0.1, 0.15) is 11.1 Å². The molecule has 3 aromatic rings. The first kappa shape index (κ1) is 10.8. The topological polar surface area (TPSA) is 35.6 Å². The largest absolute Gasteiger partial charge is 0.306 e. The molecule has 0 aliphatic heterocycles. The molecule has 0 saturated carbocycles. The lowest BCUT2D eigenvalue weighted by Crippen LogP contribution is -2.00. The van der Waals surface area contributed by atoms with Gasteiger partial charge in [0.1, 0.15) is 0 Å². The summed E-state index contributed by atoms with van der Waals surface area (Å²) >= 11 is 0. The maximum absolute atomic E-state index is 4.09. The summed E-state index contributed by atoms with van der Waals surface area (Å²) in [5.74, 6) is 0. The van der Waals surface area contributed by atoms with E-state index in [1.165, 1.54) is 11.1 Å². The van der Waals surface area contributed by atoms with Crippen molar-refractivity contribution in [1.82, 2.24) is 19.1 Å². The van der Waals surface area contributed by atoms with Crippen molar-refractivity contribution in [2.24, 2.45) is 0 Å². The van der Waals surface area contributed by atoms with Crippen molar-refractivity contribution in [2.75, 3.05) is 0 Å². The van der Waals surface area contributed by atoms with E-state index in [4.69, 9.17) is 0 Å². The Morgan fingerprint density at radius 1 is 0.778 bits per heavy atom. The lowest BCUT2D eigenvalue weighted by molar-refractivity contribution is 1.00. The molecule has 0 spiro atoms. The van der Waals surface area contributed by atoms with E-state index in [0.717, 1.165) is 11.4 Å². The van der Waals surface area contributed by atoms with E-state index < -0.39 is 0 Å². The summed E-state index contributed by atoms with van der Waals surface area (Å²) in [6.07, 6.45) is 11.1. The van der Waals surface area contributed by atoms with Crippen LogP contribution in [0.15, 0.2) is 49.6 Å². The van der Waals surface area contributed by atoms with Gasteiger partial charge in [-0.2, -0.15) is 0 Å². The van der Waals surface area contributed by atoms with Crippen molar-refractivity contribution < 1.29 is 0 Å². The minimum Gasteiger partial charge on any atom is -0.306 e. The first-order chi connectivity index (χ1) is 8.75. The first-order valence-corrected chi connectivity index (χ1v) is 5.83. The highest BCUT2D eigenvalue weighted by molar-refractivity contribution is 5.53. The molecule has 0 amide bonds. The van der Waals surface area contributed by atoms with Gasteiger partial charge in [-0.15, -0.1) is 0 Å². The molecule has 0 atom stereocenters. The molecule has 2 heterocycles. The molecule has 4 nitrogen and oxygen atoms in total. The number of aromatic nitrogens is 4. The van der Waals surface area contributed by atoms with Crippen molar-refractivity contribution in [3.63, 3.8) is 0 Å². The molecule has 0 bridgehead atoms. The van der Waals surface area contributed by atoms with E-state index in [1.54, 1.807) is 12.4 Å². The van der Waals surface area contributed by atoms with Gasteiger partial charge >= 0.3 is 0 Å². The van der Waals surface area contributed by atoms with E-state index in [9.17, 15) is 0 Å². The average molecular weight is 238 g/mol. The zero-order chi connectivity index (χ0) is 12.5. The summed E-state index contributed by atoms with van der Waals surface area (Å²) < 4.78 is 4.06. The SMILES string of the molecule is Cc1cc(-n2ccnc2)c(C)cc1-n1ccnc1. The van der Waals surface area contributed by atoms with Crippen LogP contribution in [0, 0.1) is 13.8 Å². The zero-order valence-electron chi connectivity index (χ0n) is 10.4. The molecule has 90 valence electrons. The van der Waals surface area contributed by atoms with Gasteiger partial charge in [-0.25, -0.2) is 9.97 Å². The monoisotopic (exact) mass is 238 g/mol. The van der Waals surface area contributed by atoms with Crippen molar-refractivity contribution in [2.45, 2.75) is 13.8 Å². The van der Waals surface area contributed by atoms with Crippen LogP contribution in [0.25, 0.3) is 11.4 Å². The Morgan fingerprint density at radius 2 is 1.22 bits per heavy atom. The number of aryl methyl sites for hydroxylation is 2. The molecule has 3 rings (SSSR count). The maximum atomic E-state index is 4.09. The van der Waals surface area contributed by atoms with E-state index in [-0.39, 0.29) is 0 Å². The Bertz CT molecular complexity index is 591. The lowest BCUT2D eigenvalue weighted by Gasteiger charge is -2.13. The first-order valence-electron chi connectivity index (χ1n) is 5.83. The molecule has 4 heteroatoms. The summed E-state index contributed by atoms with van der Waals surface area (Å²) in [6, 6.07) is 4.35. The molecule has 0 saturated heterocycles. The predicted molar refractivity (Wildman–Crippen MR) is 70.2 cm³/mol. The van der Waals surface area contributed by atoms with Crippen LogP contribution in [0.4, 0.5) is 0 Å². The van der Waals surface area contributed by atoms with E-state index in [1.807, 2.05) is 34.2 Å². The minimum atomic E-state index is 1.16. The molecule has 0 unspecified atom stereocenters. The van der Waals surface area contributed by atoms with Crippen LogP contribution in [-0.4, -0.2) is 19.1 Å². The highest BCUT2D eigenvalue weighted by Gasteiger charge is 2.07. The molecular weight excluding hydrogens is 224 g/mol. The van der Waals surface area contributed by atoms with Gasteiger partial charge in [0, 0.05) is 36.2 Å². The Labute approximate surface area is 106 Å². The third-order valence-corrected chi connectivity index (χ3v) is 3.08. The van der Waals surface area contributed by atoms with Crippen LogP contribution >= 0.6 is 0 Å². The molecule has 0 N–H and O–H groups in total. The molecule has 18 heavy (non-hydrogen) atoms. The summed E-state index contributed by atoms with van der Waals surface area (Å²) in [6.45, 7) is 4.21. The van der Waals surface area contributed by atoms with Crippen molar-refractivity contribution in [1.29, 1.82) is 0 Å². The summed E-state index contributed by atoms with van der Waals surface area (Å²) in [4.78, 5) is 8.18. The van der Waals surface area contributed by atoms with Crippen LogP contribution < -0.4 is 0 Å². The van der Waals surface area contributed by atoms with Crippen LogP contribution in [-0.2, 0) is 0 Å². The fraction of sp³-hybridized carbons (Fsp3) is 0.143. The number of rotatable bonds is 2. The Morgan fingerprint density at radius 3 is 1.56 bits per heavy atom. The highest BCUT2D eigenvalue weighted by atomic mass is 15.0. The van der Waals surface area contributed by atoms with Gasteiger partial charge < -0.3 is 9.13 Å². The van der Waals surface area contributed by atoms with Gasteiger partial charge in [0.2, 0.25) is 0 Å². The Kier molecular flexibility index (Phi) is 2.48. The quantitative estimate of drug-likeness (QED) is 0.688. The number of imidazole rings is 2. The maximum Gasteiger partial charge on any atom is 0.0991 e. The normalized spacial score (nSPS) is 10.8. The molecule has 0 aliphatic rings. The van der Waals surface area contributed by atoms with Crippen LogP contribution in [0.2, 0.25) is 0 Å². The molecule has 0 aliphatic carbocycles. The van der Waals surface area contributed by atoms with Crippen molar-refractivity contribution in [3.8, 4) is 11.4 Å². The second-order valence-corrected chi connectivity index (χ2v) is 4.37. The van der Waals surface area contributed by atoms with Gasteiger partial charge in [-0.1, -0.05) is 0 Å². The number of hydrogen-bond donors (Lipinski definition) is 0. The standard InChI is InChI=1S/C14H14N4/c1-11-7-14(18-6-4-16-10-18)12(2)8-13(11)17-5-3-15-9-17/h3-10H,1-2H3. The van der Waals surface area contributed by atoms with Gasteiger partial charge in [0.05, 0.1) is 12.7 Å². The molecule has 0 fully saturated rings. The number of hydrogen-bond acceptors (Lipinski definition) is 2. The molecular formula is C14H14N4.